The first-order valence-corrected chi connectivity index (χ1v) is 7.94. The Morgan fingerprint density at radius 1 is 1.45 bits per heavy atom. The Hall–Kier alpha value is -1.39. The second kappa shape index (κ2) is 5.54. The molecule has 20 heavy (non-hydrogen) atoms. The molecule has 0 saturated heterocycles. The third-order valence-electron chi connectivity index (χ3n) is 3.90. The van der Waals surface area contributed by atoms with Gasteiger partial charge in [0, 0.05) is 17.3 Å². The van der Waals surface area contributed by atoms with Crippen molar-refractivity contribution in [3.05, 3.63) is 34.7 Å². The van der Waals surface area contributed by atoms with Gasteiger partial charge in [-0.05, 0) is 36.3 Å². The topological polar surface area (TPSA) is 49.3 Å². The summed E-state index contributed by atoms with van der Waals surface area (Å²) in [6, 6.07) is 8.38. The fourth-order valence-electron chi connectivity index (χ4n) is 2.66. The van der Waals surface area contributed by atoms with Crippen molar-refractivity contribution in [1.29, 1.82) is 0 Å². The number of nitrogens with one attached hydrogen (secondary N) is 1. The Balaban J connectivity index is 1.80. The Morgan fingerprint density at radius 2 is 2.20 bits per heavy atom. The maximum Gasteiger partial charge on any atom is 0.346 e. The SMILES string of the molecule is CC(CC1CC1)NCc1c(C(=O)O)sc2ccccc12. The average molecular weight is 289 g/mol. The molecule has 0 radical (unpaired) electrons. The zero-order valence-electron chi connectivity index (χ0n) is 11.6. The second-order valence-electron chi connectivity index (χ2n) is 5.67. The number of hydrogen-bond acceptors (Lipinski definition) is 3. The van der Waals surface area contributed by atoms with Crippen LogP contribution in [0.1, 0.15) is 41.4 Å². The van der Waals surface area contributed by atoms with Gasteiger partial charge in [0.2, 0.25) is 0 Å². The molecule has 2 aromatic rings. The molecular weight excluding hydrogens is 270 g/mol. The molecule has 1 aliphatic rings. The maximum absolute atomic E-state index is 11.4. The fraction of sp³-hybridized carbons (Fsp3) is 0.438. The summed E-state index contributed by atoms with van der Waals surface area (Å²) in [6.07, 6.45) is 3.91. The zero-order chi connectivity index (χ0) is 14.1. The van der Waals surface area contributed by atoms with E-state index in [1.165, 1.54) is 30.6 Å². The smallest absolute Gasteiger partial charge is 0.346 e. The summed E-state index contributed by atoms with van der Waals surface area (Å²) in [6.45, 7) is 2.83. The monoisotopic (exact) mass is 289 g/mol. The molecule has 0 bridgehead atoms. The molecule has 3 nitrogen and oxygen atoms in total. The van der Waals surface area contributed by atoms with E-state index in [1.807, 2.05) is 24.3 Å². The average Bonchev–Trinajstić information content (AvgIpc) is 3.15. The lowest BCUT2D eigenvalue weighted by atomic mass is 10.1. The van der Waals surface area contributed by atoms with Gasteiger partial charge < -0.3 is 10.4 Å². The normalized spacial score (nSPS) is 16.4. The summed E-state index contributed by atoms with van der Waals surface area (Å²) in [5.41, 5.74) is 0.931. The van der Waals surface area contributed by atoms with Crippen molar-refractivity contribution < 1.29 is 9.90 Å². The molecule has 0 aliphatic heterocycles. The van der Waals surface area contributed by atoms with Crippen molar-refractivity contribution in [2.24, 2.45) is 5.92 Å². The minimum Gasteiger partial charge on any atom is -0.477 e. The number of carboxylic acids is 1. The lowest BCUT2D eigenvalue weighted by Gasteiger charge is -2.13. The van der Waals surface area contributed by atoms with Crippen LogP contribution in [0.15, 0.2) is 24.3 Å². The van der Waals surface area contributed by atoms with Crippen LogP contribution in [0.25, 0.3) is 10.1 Å². The van der Waals surface area contributed by atoms with Gasteiger partial charge in [0.15, 0.2) is 0 Å². The molecule has 4 heteroatoms. The number of hydrogen-bond donors (Lipinski definition) is 2. The number of carboxylic acid groups (broad SMARTS) is 1. The van der Waals surface area contributed by atoms with Crippen LogP contribution in [0.2, 0.25) is 0 Å². The van der Waals surface area contributed by atoms with Crippen molar-refractivity contribution in [3.63, 3.8) is 0 Å². The first-order chi connectivity index (χ1) is 9.65. The summed E-state index contributed by atoms with van der Waals surface area (Å²) in [7, 11) is 0. The van der Waals surface area contributed by atoms with Gasteiger partial charge in [-0.25, -0.2) is 4.79 Å². The first kappa shape index (κ1) is 13.6. The van der Waals surface area contributed by atoms with Gasteiger partial charge in [-0.15, -0.1) is 11.3 Å². The minimum absolute atomic E-state index is 0.447. The molecule has 1 unspecified atom stereocenters. The quantitative estimate of drug-likeness (QED) is 0.848. The van der Waals surface area contributed by atoms with E-state index in [4.69, 9.17) is 0 Å². The number of benzene rings is 1. The zero-order valence-corrected chi connectivity index (χ0v) is 12.4. The van der Waals surface area contributed by atoms with Crippen LogP contribution in [-0.4, -0.2) is 17.1 Å². The number of fused-ring (bicyclic) bond motifs is 1. The van der Waals surface area contributed by atoms with Crippen LogP contribution >= 0.6 is 11.3 Å². The van der Waals surface area contributed by atoms with Crippen molar-refractivity contribution in [2.75, 3.05) is 0 Å². The van der Waals surface area contributed by atoms with Crippen LogP contribution in [0, 0.1) is 5.92 Å². The Bertz CT molecular complexity index is 630. The largest absolute Gasteiger partial charge is 0.477 e. The molecule has 0 amide bonds. The van der Waals surface area contributed by atoms with Gasteiger partial charge in [0.25, 0.3) is 0 Å². The highest BCUT2D eigenvalue weighted by atomic mass is 32.1. The third kappa shape index (κ3) is 2.86. The van der Waals surface area contributed by atoms with E-state index in [2.05, 4.69) is 12.2 Å². The maximum atomic E-state index is 11.4. The number of rotatable bonds is 6. The summed E-state index contributed by atoms with van der Waals surface area (Å²) >= 11 is 1.37. The van der Waals surface area contributed by atoms with Crippen molar-refractivity contribution in [1.82, 2.24) is 5.32 Å². The molecule has 1 fully saturated rings. The third-order valence-corrected chi connectivity index (χ3v) is 5.10. The highest BCUT2D eigenvalue weighted by Gasteiger charge is 2.24. The van der Waals surface area contributed by atoms with Crippen LogP contribution in [0.4, 0.5) is 0 Å². The number of carbonyl (C=O) groups is 1. The van der Waals surface area contributed by atoms with E-state index in [1.54, 1.807) is 0 Å². The molecule has 1 heterocycles. The summed E-state index contributed by atoms with van der Waals surface area (Å²) in [5.74, 6) is 0.0634. The molecular formula is C16H19NO2S. The molecule has 1 aromatic heterocycles. The van der Waals surface area contributed by atoms with Crippen LogP contribution in [-0.2, 0) is 6.54 Å². The minimum atomic E-state index is -0.821. The van der Waals surface area contributed by atoms with Crippen LogP contribution in [0.5, 0.6) is 0 Å². The lowest BCUT2D eigenvalue weighted by Crippen LogP contribution is -2.26. The van der Waals surface area contributed by atoms with E-state index in [9.17, 15) is 9.90 Å². The molecule has 1 saturated carbocycles. The van der Waals surface area contributed by atoms with E-state index in [0.29, 0.717) is 17.5 Å². The van der Waals surface area contributed by atoms with E-state index >= 15 is 0 Å². The lowest BCUT2D eigenvalue weighted by molar-refractivity contribution is 0.0701. The highest BCUT2D eigenvalue weighted by Crippen LogP contribution is 2.34. The fourth-order valence-corrected chi connectivity index (χ4v) is 3.72. The van der Waals surface area contributed by atoms with Crippen molar-refractivity contribution >= 4 is 27.4 Å². The molecule has 1 atom stereocenters. The second-order valence-corrected chi connectivity index (χ2v) is 6.72. The van der Waals surface area contributed by atoms with Gasteiger partial charge in [-0.2, -0.15) is 0 Å². The predicted octanol–water partition coefficient (Wildman–Crippen LogP) is 3.88. The summed E-state index contributed by atoms with van der Waals surface area (Å²) in [4.78, 5) is 11.9. The summed E-state index contributed by atoms with van der Waals surface area (Å²) in [5, 5.41) is 13.9. The van der Waals surface area contributed by atoms with Crippen LogP contribution in [0.3, 0.4) is 0 Å². The molecule has 1 aliphatic carbocycles. The number of aromatic carboxylic acids is 1. The Kier molecular flexibility index (Phi) is 3.76. The highest BCUT2D eigenvalue weighted by molar-refractivity contribution is 7.21. The van der Waals surface area contributed by atoms with Gasteiger partial charge in [0.1, 0.15) is 4.88 Å². The molecule has 3 rings (SSSR count). The molecule has 2 N–H and O–H groups in total. The van der Waals surface area contributed by atoms with Gasteiger partial charge in [-0.1, -0.05) is 31.0 Å². The Morgan fingerprint density at radius 3 is 2.90 bits per heavy atom. The van der Waals surface area contributed by atoms with E-state index in [0.717, 1.165) is 21.6 Å². The van der Waals surface area contributed by atoms with Crippen molar-refractivity contribution in [3.8, 4) is 0 Å². The predicted molar refractivity (Wildman–Crippen MR) is 82.4 cm³/mol. The standard InChI is InChI=1S/C16H19NO2S/c1-10(8-11-6-7-11)17-9-13-12-4-2-3-5-14(12)20-15(13)16(18)19/h2-5,10-11,17H,6-9H2,1H3,(H,18,19). The van der Waals surface area contributed by atoms with E-state index < -0.39 is 5.97 Å². The summed E-state index contributed by atoms with van der Waals surface area (Å²) < 4.78 is 1.05. The van der Waals surface area contributed by atoms with Gasteiger partial charge in [-0.3, -0.25) is 0 Å². The van der Waals surface area contributed by atoms with Gasteiger partial charge >= 0.3 is 5.97 Å². The van der Waals surface area contributed by atoms with Gasteiger partial charge in [0.05, 0.1) is 0 Å². The molecule has 0 spiro atoms. The Labute approximate surface area is 122 Å². The molecule has 1 aromatic carbocycles. The molecule has 106 valence electrons. The number of thiophene rings is 1. The van der Waals surface area contributed by atoms with Crippen LogP contribution < -0.4 is 5.32 Å². The van der Waals surface area contributed by atoms with E-state index in [-0.39, 0.29) is 0 Å². The van der Waals surface area contributed by atoms with Crippen molar-refractivity contribution in [2.45, 2.75) is 38.8 Å². The first-order valence-electron chi connectivity index (χ1n) is 7.12.